The molecule has 0 spiro atoms. The lowest BCUT2D eigenvalue weighted by molar-refractivity contribution is -0.139. The normalized spacial score (nSPS) is 11.0. The van der Waals surface area contributed by atoms with Crippen molar-refractivity contribution in [3.8, 4) is 11.5 Å². The average molecular weight is 423 g/mol. The van der Waals surface area contributed by atoms with Crippen LogP contribution in [0.4, 0.5) is 0 Å². The molecular formula is C27H34O4. The van der Waals surface area contributed by atoms with Crippen LogP contribution in [0.1, 0.15) is 51.7 Å². The van der Waals surface area contributed by atoms with Gasteiger partial charge in [0.05, 0.1) is 6.61 Å². The highest BCUT2D eigenvalue weighted by molar-refractivity contribution is 5.86. The molecule has 2 rings (SSSR count). The summed E-state index contributed by atoms with van der Waals surface area (Å²) in [4.78, 5) is 11.4. The van der Waals surface area contributed by atoms with Crippen LogP contribution in [0.15, 0.2) is 72.8 Å². The summed E-state index contributed by atoms with van der Waals surface area (Å²) < 4.78 is 16.5. The largest absolute Gasteiger partial charge is 0.494 e. The van der Waals surface area contributed by atoms with Gasteiger partial charge in [-0.05, 0) is 62.1 Å². The van der Waals surface area contributed by atoms with E-state index in [-0.39, 0.29) is 12.0 Å². The van der Waals surface area contributed by atoms with Crippen LogP contribution in [0.2, 0.25) is 0 Å². The van der Waals surface area contributed by atoms with E-state index in [1.165, 1.54) is 16.7 Å². The molecule has 0 saturated heterocycles. The number of esters is 1. The second-order valence-corrected chi connectivity index (χ2v) is 8.35. The Morgan fingerprint density at radius 3 is 1.74 bits per heavy atom. The Labute approximate surface area is 186 Å². The Balaban J connectivity index is 1.90. The van der Waals surface area contributed by atoms with Crippen molar-refractivity contribution < 1.29 is 19.0 Å². The molecule has 166 valence electrons. The van der Waals surface area contributed by atoms with Gasteiger partial charge in [0.2, 0.25) is 0 Å². The molecule has 0 N–H and O–H groups in total. The lowest BCUT2D eigenvalue weighted by Crippen LogP contribution is -2.18. The highest BCUT2D eigenvalue weighted by atomic mass is 16.6. The van der Waals surface area contributed by atoms with Crippen LogP contribution in [-0.4, -0.2) is 25.8 Å². The van der Waals surface area contributed by atoms with Crippen molar-refractivity contribution in [3.05, 3.63) is 84.0 Å². The second kappa shape index (κ2) is 11.4. The standard InChI is InChI=1S/C27H34O4/c1-20(2)8-7-17-29-24-13-9-22(10-14-24)27(5,6)23-11-15-25(16-12-23)30-18-19-31-26(28)21(3)4/h9-16H,1,3,7-8,17-19H2,2,4-6H3. The maximum absolute atomic E-state index is 11.4. The molecule has 0 saturated carbocycles. The van der Waals surface area contributed by atoms with Crippen LogP contribution in [0.25, 0.3) is 0 Å². The molecule has 31 heavy (non-hydrogen) atoms. The predicted octanol–water partition coefficient (Wildman–Crippen LogP) is 6.25. The summed E-state index contributed by atoms with van der Waals surface area (Å²) in [5, 5.41) is 0. The number of hydrogen-bond donors (Lipinski definition) is 0. The average Bonchev–Trinajstić information content (AvgIpc) is 2.74. The van der Waals surface area contributed by atoms with Crippen molar-refractivity contribution in [2.75, 3.05) is 19.8 Å². The van der Waals surface area contributed by atoms with E-state index in [4.69, 9.17) is 14.2 Å². The zero-order chi connectivity index (χ0) is 22.9. The number of ether oxygens (including phenoxy) is 3. The fraction of sp³-hybridized carbons (Fsp3) is 0.370. The molecule has 2 aromatic carbocycles. The molecule has 0 aliphatic heterocycles. The lowest BCUT2D eigenvalue weighted by atomic mass is 9.78. The smallest absolute Gasteiger partial charge is 0.333 e. The van der Waals surface area contributed by atoms with Crippen molar-refractivity contribution in [2.24, 2.45) is 0 Å². The minimum absolute atomic E-state index is 0.159. The molecule has 0 aliphatic carbocycles. The van der Waals surface area contributed by atoms with Crippen LogP contribution in [0, 0.1) is 0 Å². The summed E-state index contributed by atoms with van der Waals surface area (Å²) in [6.07, 6.45) is 1.97. The number of rotatable bonds is 12. The fourth-order valence-electron chi connectivity index (χ4n) is 3.08. The van der Waals surface area contributed by atoms with Gasteiger partial charge in [0.1, 0.15) is 24.7 Å². The number of allylic oxidation sites excluding steroid dienone is 1. The van der Waals surface area contributed by atoms with E-state index < -0.39 is 5.97 Å². The van der Waals surface area contributed by atoms with Gasteiger partial charge in [0, 0.05) is 11.0 Å². The zero-order valence-corrected chi connectivity index (χ0v) is 19.2. The highest BCUT2D eigenvalue weighted by Crippen LogP contribution is 2.33. The second-order valence-electron chi connectivity index (χ2n) is 8.35. The number of benzene rings is 2. The summed E-state index contributed by atoms with van der Waals surface area (Å²) in [7, 11) is 0. The predicted molar refractivity (Wildman–Crippen MR) is 126 cm³/mol. The number of carbonyl (C=O) groups is 1. The van der Waals surface area contributed by atoms with Gasteiger partial charge in [-0.3, -0.25) is 0 Å². The quantitative estimate of drug-likeness (QED) is 0.176. The van der Waals surface area contributed by atoms with Crippen LogP contribution in [0.5, 0.6) is 11.5 Å². The molecule has 0 heterocycles. The van der Waals surface area contributed by atoms with Gasteiger partial charge in [-0.1, -0.05) is 50.3 Å². The van der Waals surface area contributed by atoms with E-state index in [0.29, 0.717) is 18.8 Å². The third kappa shape index (κ3) is 7.63. The lowest BCUT2D eigenvalue weighted by Gasteiger charge is -2.26. The molecule has 0 aliphatic rings. The Kier molecular flexibility index (Phi) is 8.92. The summed E-state index contributed by atoms with van der Waals surface area (Å²) in [5.41, 5.74) is 3.80. The van der Waals surface area contributed by atoms with Crippen LogP contribution >= 0.6 is 0 Å². The molecule has 0 aromatic heterocycles. The summed E-state index contributed by atoms with van der Waals surface area (Å²) >= 11 is 0. The van der Waals surface area contributed by atoms with Gasteiger partial charge in [-0.25, -0.2) is 4.79 Å². The van der Waals surface area contributed by atoms with Gasteiger partial charge in [0.15, 0.2) is 0 Å². The first kappa shape index (κ1) is 24.3. The molecule has 4 heteroatoms. The summed E-state index contributed by atoms with van der Waals surface area (Å²) in [6.45, 7) is 16.7. The van der Waals surface area contributed by atoms with Crippen molar-refractivity contribution >= 4 is 5.97 Å². The van der Waals surface area contributed by atoms with E-state index in [1.807, 2.05) is 31.2 Å². The van der Waals surface area contributed by atoms with Gasteiger partial charge in [0.25, 0.3) is 0 Å². The van der Waals surface area contributed by atoms with Crippen molar-refractivity contribution in [1.29, 1.82) is 0 Å². The van der Waals surface area contributed by atoms with E-state index in [0.717, 1.165) is 24.3 Å². The minimum Gasteiger partial charge on any atom is -0.494 e. The first-order valence-corrected chi connectivity index (χ1v) is 10.6. The molecule has 4 nitrogen and oxygen atoms in total. The van der Waals surface area contributed by atoms with Gasteiger partial charge in [-0.2, -0.15) is 0 Å². The van der Waals surface area contributed by atoms with Gasteiger partial charge >= 0.3 is 5.97 Å². The van der Waals surface area contributed by atoms with Crippen LogP contribution in [-0.2, 0) is 14.9 Å². The fourth-order valence-corrected chi connectivity index (χ4v) is 3.08. The summed E-state index contributed by atoms with van der Waals surface area (Å²) in [6, 6.07) is 16.3. The van der Waals surface area contributed by atoms with E-state index in [9.17, 15) is 4.79 Å². The van der Waals surface area contributed by atoms with E-state index >= 15 is 0 Å². The van der Waals surface area contributed by atoms with Gasteiger partial charge < -0.3 is 14.2 Å². The third-order valence-electron chi connectivity index (χ3n) is 5.10. The van der Waals surface area contributed by atoms with Crippen molar-refractivity contribution in [1.82, 2.24) is 0 Å². The third-order valence-corrected chi connectivity index (χ3v) is 5.10. The first-order chi connectivity index (χ1) is 14.7. The van der Waals surface area contributed by atoms with E-state index in [2.05, 4.69) is 51.3 Å². The number of carbonyl (C=O) groups excluding carboxylic acids is 1. The molecular weight excluding hydrogens is 388 g/mol. The van der Waals surface area contributed by atoms with Crippen molar-refractivity contribution in [2.45, 2.75) is 46.0 Å². The molecule has 0 radical (unpaired) electrons. The Hall–Kier alpha value is -3.01. The maximum atomic E-state index is 11.4. The molecule has 0 unspecified atom stereocenters. The topological polar surface area (TPSA) is 44.8 Å². The summed E-state index contributed by atoms with van der Waals surface area (Å²) in [5.74, 6) is 1.23. The maximum Gasteiger partial charge on any atom is 0.333 e. The molecule has 0 amide bonds. The van der Waals surface area contributed by atoms with Crippen LogP contribution < -0.4 is 9.47 Å². The Morgan fingerprint density at radius 1 is 0.806 bits per heavy atom. The Morgan fingerprint density at radius 2 is 1.29 bits per heavy atom. The number of hydrogen-bond acceptors (Lipinski definition) is 4. The Bertz CT molecular complexity index is 876. The SMILES string of the molecule is C=C(C)CCCOc1ccc(C(C)(C)c2ccc(OCCOC(=O)C(=C)C)cc2)cc1. The molecule has 2 aromatic rings. The van der Waals surface area contributed by atoms with Gasteiger partial charge in [-0.15, -0.1) is 6.58 Å². The molecule has 0 fully saturated rings. The molecule has 0 bridgehead atoms. The minimum atomic E-state index is -0.399. The first-order valence-electron chi connectivity index (χ1n) is 10.6. The highest BCUT2D eigenvalue weighted by Gasteiger charge is 2.23. The van der Waals surface area contributed by atoms with Crippen molar-refractivity contribution in [3.63, 3.8) is 0 Å². The van der Waals surface area contributed by atoms with Crippen LogP contribution in [0.3, 0.4) is 0 Å². The van der Waals surface area contributed by atoms with E-state index in [1.54, 1.807) is 6.92 Å². The molecule has 0 atom stereocenters. The monoisotopic (exact) mass is 422 g/mol. The zero-order valence-electron chi connectivity index (χ0n) is 19.2.